The maximum atomic E-state index is 2.42. The van der Waals surface area contributed by atoms with Gasteiger partial charge in [-0.1, -0.05) is 72.1 Å². The molecule has 0 bridgehead atoms. The van der Waals surface area contributed by atoms with Crippen LogP contribution in [0, 0.1) is 0 Å². The first-order valence-electron chi connectivity index (χ1n) is 7.68. The summed E-state index contributed by atoms with van der Waals surface area (Å²) in [6, 6.07) is 7.23. The minimum atomic E-state index is 0.637. The molecule has 1 aromatic rings. The van der Waals surface area contributed by atoms with Gasteiger partial charge in [-0.15, -0.1) is 0 Å². The third-order valence-corrected chi connectivity index (χ3v) is 3.69. The average Bonchev–Trinajstić information content (AvgIpc) is 2.34. The minimum absolute atomic E-state index is 0.637. The zero-order valence-electron chi connectivity index (χ0n) is 12.9. The molecule has 0 aliphatic heterocycles. The van der Waals surface area contributed by atoms with Crippen LogP contribution in [-0.2, 0) is 6.42 Å². The van der Waals surface area contributed by atoms with Crippen molar-refractivity contribution in [2.75, 3.05) is 0 Å². The molecule has 0 aliphatic rings. The van der Waals surface area contributed by atoms with Gasteiger partial charge < -0.3 is 0 Å². The highest BCUT2D eigenvalue weighted by Crippen LogP contribution is 2.24. The van der Waals surface area contributed by atoms with Crippen LogP contribution in [0.3, 0.4) is 0 Å². The fourth-order valence-electron chi connectivity index (χ4n) is 2.31. The van der Waals surface area contributed by atoms with Crippen LogP contribution in [0.4, 0.5) is 0 Å². The Morgan fingerprint density at radius 2 is 1.33 bits per heavy atom. The molecule has 0 heteroatoms. The van der Waals surface area contributed by atoms with Crippen molar-refractivity contribution in [3.05, 3.63) is 34.9 Å². The molecular weight excluding hydrogens is 216 g/mol. The highest BCUT2D eigenvalue weighted by Gasteiger charge is 2.07. The molecule has 0 aliphatic carbocycles. The van der Waals surface area contributed by atoms with Gasteiger partial charge in [-0.25, -0.2) is 0 Å². The molecular formula is C18H30. The third kappa shape index (κ3) is 4.84. The lowest BCUT2D eigenvalue weighted by Gasteiger charge is -2.14. The van der Waals surface area contributed by atoms with Gasteiger partial charge in [0.1, 0.15) is 0 Å². The normalized spacial score (nSPS) is 11.5. The molecule has 0 fully saturated rings. The SMILES string of the molecule is CCCCCCc1cc(C(C)C)cc(C(C)C)c1. The Hall–Kier alpha value is -0.780. The summed E-state index contributed by atoms with van der Waals surface area (Å²) in [4.78, 5) is 0. The standard InChI is InChI=1S/C18H30/c1-6-7-8-9-10-16-11-17(14(2)3)13-18(12-16)15(4)5/h11-15H,6-10H2,1-5H3. The zero-order valence-corrected chi connectivity index (χ0v) is 12.9. The first kappa shape index (κ1) is 15.3. The van der Waals surface area contributed by atoms with Crippen LogP contribution < -0.4 is 0 Å². The molecule has 0 aromatic heterocycles. The predicted molar refractivity (Wildman–Crippen MR) is 82.5 cm³/mol. The molecule has 1 aromatic carbocycles. The van der Waals surface area contributed by atoms with Gasteiger partial charge in [-0.2, -0.15) is 0 Å². The lowest BCUT2D eigenvalue weighted by atomic mass is 9.91. The molecule has 0 amide bonds. The molecule has 18 heavy (non-hydrogen) atoms. The van der Waals surface area contributed by atoms with Crippen molar-refractivity contribution in [2.24, 2.45) is 0 Å². The maximum absolute atomic E-state index is 2.42. The van der Waals surface area contributed by atoms with Crippen molar-refractivity contribution in [2.45, 2.75) is 78.6 Å². The Balaban J connectivity index is 2.76. The predicted octanol–water partition coefficient (Wildman–Crippen LogP) is 6.06. The van der Waals surface area contributed by atoms with E-state index in [4.69, 9.17) is 0 Å². The molecule has 0 saturated carbocycles. The second-order valence-electron chi connectivity index (χ2n) is 6.13. The van der Waals surface area contributed by atoms with Crippen LogP contribution in [0.25, 0.3) is 0 Å². The summed E-state index contributed by atoms with van der Waals surface area (Å²) in [5.74, 6) is 1.27. The molecule has 0 unspecified atom stereocenters. The van der Waals surface area contributed by atoms with E-state index in [0.29, 0.717) is 11.8 Å². The van der Waals surface area contributed by atoms with E-state index in [-0.39, 0.29) is 0 Å². The van der Waals surface area contributed by atoms with Crippen LogP contribution in [0.1, 0.15) is 88.8 Å². The van der Waals surface area contributed by atoms with Gasteiger partial charge >= 0.3 is 0 Å². The highest BCUT2D eigenvalue weighted by atomic mass is 14.1. The van der Waals surface area contributed by atoms with Gasteiger partial charge in [-0.3, -0.25) is 0 Å². The van der Waals surface area contributed by atoms with Gasteiger partial charge in [0.25, 0.3) is 0 Å². The molecule has 0 heterocycles. The van der Waals surface area contributed by atoms with Crippen molar-refractivity contribution in [1.82, 2.24) is 0 Å². The Morgan fingerprint density at radius 1 is 0.778 bits per heavy atom. The molecule has 102 valence electrons. The van der Waals surface area contributed by atoms with Crippen LogP contribution in [0.15, 0.2) is 18.2 Å². The molecule has 0 spiro atoms. The molecule has 0 saturated heterocycles. The summed E-state index contributed by atoms with van der Waals surface area (Å²) < 4.78 is 0. The Morgan fingerprint density at radius 3 is 1.78 bits per heavy atom. The molecule has 0 atom stereocenters. The number of rotatable bonds is 7. The van der Waals surface area contributed by atoms with E-state index in [9.17, 15) is 0 Å². The van der Waals surface area contributed by atoms with E-state index >= 15 is 0 Å². The van der Waals surface area contributed by atoms with E-state index < -0.39 is 0 Å². The summed E-state index contributed by atoms with van der Waals surface area (Å²) in [7, 11) is 0. The van der Waals surface area contributed by atoms with Crippen LogP contribution in [0.2, 0.25) is 0 Å². The quantitative estimate of drug-likeness (QED) is 0.513. The third-order valence-electron chi connectivity index (χ3n) is 3.69. The first-order valence-corrected chi connectivity index (χ1v) is 7.68. The first-order chi connectivity index (χ1) is 8.54. The fraction of sp³-hybridized carbons (Fsp3) is 0.667. The zero-order chi connectivity index (χ0) is 13.5. The number of benzene rings is 1. The highest BCUT2D eigenvalue weighted by molar-refractivity contribution is 5.33. The van der Waals surface area contributed by atoms with Gasteiger partial charge in [0.15, 0.2) is 0 Å². The summed E-state index contributed by atoms with van der Waals surface area (Å²) >= 11 is 0. The van der Waals surface area contributed by atoms with E-state index in [1.54, 1.807) is 5.56 Å². The lowest BCUT2D eigenvalue weighted by Crippen LogP contribution is -1.97. The Kier molecular flexibility index (Phi) is 6.46. The minimum Gasteiger partial charge on any atom is -0.0654 e. The van der Waals surface area contributed by atoms with E-state index in [1.165, 1.54) is 43.2 Å². The second-order valence-corrected chi connectivity index (χ2v) is 6.13. The number of hydrogen-bond acceptors (Lipinski definition) is 0. The van der Waals surface area contributed by atoms with Gasteiger partial charge in [0, 0.05) is 0 Å². The molecule has 0 radical (unpaired) electrons. The monoisotopic (exact) mass is 246 g/mol. The number of hydrogen-bond donors (Lipinski definition) is 0. The Labute approximate surface area is 114 Å². The van der Waals surface area contributed by atoms with E-state index in [2.05, 4.69) is 52.8 Å². The molecule has 0 nitrogen and oxygen atoms in total. The van der Waals surface area contributed by atoms with E-state index in [0.717, 1.165) is 0 Å². The summed E-state index contributed by atoms with van der Waals surface area (Å²) in [5.41, 5.74) is 4.55. The van der Waals surface area contributed by atoms with Crippen molar-refractivity contribution in [1.29, 1.82) is 0 Å². The van der Waals surface area contributed by atoms with Crippen LogP contribution >= 0.6 is 0 Å². The topological polar surface area (TPSA) is 0 Å². The van der Waals surface area contributed by atoms with Crippen molar-refractivity contribution < 1.29 is 0 Å². The summed E-state index contributed by atoms with van der Waals surface area (Å²) in [6.07, 6.45) is 6.66. The maximum Gasteiger partial charge on any atom is -0.0219 e. The molecule has 1 rings (SSSR count). The molecule has 0 N–H and O–H groups in total. The van der Waals surface area contributed by atoms with Gasteiger partial charge in [-0.05, 0) is 41.4 Å². The largest absolute Gasteiger partial charge is 0.0654 e. The average molecular weight is 246 g/mol. The lowest BCUT2D eigenvalue weighted by molar-refractivity contribution is 0.665. The smallest absolute Gasteiger partial charge is 0.0219 e. The van der Waals surface area contributed by atoms with Crippen molar-refractivity contribution >= 4 is 0 Å². The summed E-state index contributed by atoms with van der Waals surface area (Å²) in [6.45, 7) is 11.4. The van der Waals surface area contributed by atoms with Crippen molar-refractivity contribution in [3.63, 3.8) is 0 Å². The number of aryl methyl sites for hydroxylation is 1. The summed E-state index contributed by atoms with van der Waals surface area (Å²) in [5, 5.41) is 0. The van der Waals surface area contributed by atoms with Gasteiger partial charge in [0.05, 0.1) is 0 Å². The second kappa shape index (κ2) is 7.61. The van der Waals surface area contributed by atoms with Gasteiger partial charge in [0.2, 0.25) is 0 Å². The van der Waals surface area contributed by atoms with Crippen LogP contribution in [0.5, 0.6) is 0 Å². The van der Waals surface area contributed by atoms with E-state index in [1.807, 2.05) is 0 Å². The Bertz CT molecular complexity index is 321. The number of unbranched alkanes of at least 4 members (excludes halogenated alkanes) is 3. The van der Waals surface area contributed by atoms with Crippen LogP contribution in [-0.4, -0.2) is 0 Å². The van der Waals surface area contributed by atoms with Crippen molar-refractivity contribution in [3.8, 4) is 0 Å². The fourth-order valence-corrected chi connectivity index (χ4v) is 2.31.